The molecule has 2 N–H and O–H groups in total. The number of aromatic nitrogens is 1. The number of hydrogen-bond acceptors (Lipinski definition) is 8. The number of esters is 1. The van der Waals surface area contributed by atoms with Crippen molar-refractivity contribution in [3.8, 4) is 0 Å². The summed E-state index contributed by atoms with van der Waals surface area (Å²) in [6, 6.07) is 6.13. The maximum absolute atomic E-state index is 12.7. The van der Waals surface area contributed by atoms with Gasteiger partial charge in [-0.2, -0.15) is 0 Å². The Balaban J connectivity index is 2.06. The van der Waals surface area contributed by atoms with Crippen molar-refractivity contribution in [3.63, 3.8) is 0 Å². The lowest BCUT2D eigenvalue weighted by Gasteiger charge is -2.11. The number of nitrogens with one attached hydrogen (secondary N) is 2. The molecule has 0 aliphatic carbocycles. The Labute approximate surface area is 203 Å². The molecule has 0 saturated carbocycles. The van der Waals surface area contributed by atoms with Crippen molar-refractivity contribution in [2.24, 2.45) is 0 Å². The molecule has 2 amide bonds. The van der Waals surface area contributed by atoms with Gasteiger partial charge in [0.2, 0.25) is 0 Å². The Morgan fingerprint density at radius 1 is 1.09 bits per heavy atom. The van der Waals surface area contributed by atoms with E-state index < -0.39 is 27.8 Å². The molecule has 2 aromatic rings. The molecule has 12 heteroatoms. The van der Waals surface area contributed by atoms with Crippen molar-refractivity contribution in [2.45, 2.75) is 38.2 Å². The summed E-state index contributed by atoms with van der Waals surface area (Å²) in [4.78, 5) is 39.9. The van der Waals surface area contributed by atoms with Gasteiger partial charge in [0, 0.05) is 31.5 Å². The maximum Gasteiger partial charge on any atom is 0.357 e. The van der Waals surface area contributed by atoms with Crippen LogP contribution in [0.5, 0.6) is 0 Å². The Bertz CT molecular complexity index is 1140. The standard InChI is InChI=1S/C22H26ClN3O7S/c1-4-32-11-5-10-24-20(27)15-7-9-19(17(23)12-15)34(30,31)26-21(28)16-6-8-18(25-13-16)22(29)33-14(2)3/h6-9,12-14H,4-5,10-11H2,1-3H3,(H,24,27)(H,26,28). The molecular formula is C22H26ClN3O7S. The van der Waals surface area contributed by atoms with Gasteiger partial charge in [-0.3, -0.25) is 9.59 Å². The van der Waals surface area contributed by atoms with E-state index in [1.807, 2.05) is 11.6 Å². The predicted octanol–water partition coefficient (Wildman–Crippen LogP) is 2.58. The summed E-state index contributed by atoms with van der Waals surface area (Å²) in [5.74, 6) is -2.06. The van der Waals surface area contributed by atoms with Gasteiger partial charge in [0.05, 0.1) is 16.7 Å². The highest BCUT2D eigenvalue weighted by atomic mass is 35.5. The van der Waals surface area contributed by atoms with Crippen LogP contribution < -0.4 is 10.0 Å². The van der Waals surface area contributed by atoms with Gasteiger partial charge in [0.25, 0.3) is 21.8 Å². The van der Waals surface area contributed by atoms with Crippen molar-refractivity contribution in [1.29, 1.82) is 0 Å². The number of nitrogens with zero attached hydrogens (tertiary/aromatic N) is 1. The largest absolute Gasteiger partial charge is 0.458 e. The van der Waals surface area contributed by atoms with Crippen molar-refractivity contribution in [1.82, 2.24) is 15.0 Å². The summed E-state index contributed by atoms with van der Waals surface area (Å²) in [5.41, 5.74) is 0.0477. The quantitative estimate of drug-likeness (QED) is 0.346. The summed E-state index contributed by atoms with van der Waals surface area (Å²) < 4.78 is 37.4. The molecule has 0 spiro atoms. The van der Waals surface area contributed by atoms with Gasteiger partial charge < -0.3 is 14.8 Å². The minimum atomic E-state index is -4.35. The number of pyridine rings is 1. The lowest BCUT2D eigenvalue weighted by molar-refractivity contribution is 0.0370. The first-order chi connectivity index (χ1) is 16.0. The number of rotatable bonds is 11. The number of sulfonamides is 1. The fourth-order valence-electron chi connectivity index (χ4n) is 2.64. The van der Waals surface area contributed by atoms with E-state index in [1.54, 1.807) is 13.8 Å². The molecule has 0 saturated heterocycles. The summed E-state index contributed by atoms with van der Waals surface area (Å²) in [6.07, 6.45) is 1.34. The first-order valence-corrected chi connectivity index (χ1v) is 12.3. The lowest BCUT2D eigenvalue weighted by atomic mass is 10.2. The molecule has 0 fully saturated rings. The Morgan fingerprint density at radius 3 is 2.38 bits per heavy atom. The molecule has 0 aliphatic heterocycles. The van der Waals surface area contributed by atoms with E-state index in [2.05, 4.69) is 10.3 Å². The van der Waals surface area contributed by atoms with Crippen LogP contribution in [0.2, 0.25) is 5.02 Å². The van der Waals surface area contributed by atoms with Crippen LogP contribution in [0.1, 0.15) is 58.4 Å². The third-order valence-electron chi connectivity index (χ3n) is 4.24. The first-order valence-electron chi connectivity index (χ1n) is 10.4. The van der Waals surface area contributed by atoms with Crippen LogP contribution in [-0.4, -0.2) is 57.0 Å². The van der Waals surface area contributed by atoms with E-state index >= 15 is 0 Å². The Hall–Kier alpha value is -3.02. The SMILES string of the molecule is CCOCCCNC(=O)c1ccc(S(=O)(=O)NC(=O)c2ccc(C(=O)OC(C)C)nc2)c(Cl)c1. The average Bonchev–Trinajstić information content (AvgIpc) is 2.77. The number of hydrogen-bond donors (Lipinski definition) is 2. The van der Waals surface area contributed by atoms with Gasteiger partial charge >= 0.3 is 5.97 Å². The predicted molar refractivity (Wildman–Crippen MR) is 124 cm³/mol. The van der Waals surface area contributed by atoms with Crippen molar-refractivity contribution in [3.05, 3.63) is 58.4 Å². The Morgan fingerprint density at radius 2 is 1.79 bits per heavy atom. The molecule has 0 aliphatic rings. The van der Waals surface area contributed by atoms with Crippen molar-refractivity contribution in [2.75, 3.05) is 19.8 Å². The molecule has 0 atom stereocenters. The molecular weight excluding hydrogens is 486 g/mol. The normalized spacial score (nSPS) is 11.2. The fourth-order valence-corrected chi connectivity index (χ4v) is 4.16. The highest BCUT2D eigenvalue weighted by Gasteiger charge is 2.23. The van der Waals surface area contributed by atoms with E-state index in [0.29, 0.717) is 26.2 Å². The number of carbonyl (C=O) groups excluding carboxylic acids is 3. The van der Waals surface area contributed by atoms with E-state index in [1.165, 1.54) is 24.3 Å². The van der Waals surface area contributed by atoms with Crippen LogP contribution in [0.4, 0.5) is 0 Å². The van der Waals surface area contributed by atoms with Gasteiger partial charge in [-0.25, -0.2) is 22.9 Å². The van der Waals surface area contributed by atoms with Gasteiger partial charge in [0.15, 0.2) is 0 Å². The first kappa shape index (κ1) is 27.2. The third kappa shape index (κ3) is 7.79. The molecule has 1 aromatic heterocycles. The van der Waals surface area contributed by atoms with Crippen LogP contribution >= 0.6 is 11.6 Å². The molecule has 1 heterocycles. The summed E-state index contributed by atoms with van der Waals surface area (Å²) in [5, 5.41) is 2.45. The lowest BCUT2D eigenvalue weighted by Crippen LogP contribution is -2.31. The van der Waals surface area contributed by atoms with Crippen LogP contribution in [0, 0.1) is 0 Å². The minimum absolute atomic E-state index is 0.0251. The summed E-state index contributed by atoms with van der Waals surface area (Å²) in [6.45, 7) is 6.71. The maximum atomic E-state index is 12.7. The monoisotopic (exact) mass is 511 g/mol. The highest BCUT2D eigenvalue weighted by Crippen LogP contribution is 2.23. The number of halogens is 1. The minimum Gasteiger partial charge on any atom is -0.458 e. The van der Waals surface area contributed by atoms with E-state index in [-0.39, 0.29) is 32.8 Å². The van der Waals surface area contributed by atoms with Crippen molar-refractivity contribution < 1.29 is 32.3 Å². The molecule has 0 unspecified atom stereocenters. The van der Waals surface area contributed by atoms with Gasteiger partial charge in [0.1, 0.15) is 10.6 Å². The molecule has 34 heavy (non-hydrogen) atoms. The fraction of sp³-hybridized carbons (Fsp3) is 0.364. The topological polar surface area (TPSA) is 141 Å². The highest BCUT2D eigenvalue weighted by molar-refractivity contribution is 7.90. The molecule has 2 rings (SSSR count). The zero-order valence-corrected chi connectivity index (χ0v) is 20.5. The zero-order valence-electron chi connectivity index (χ0n) is 19.0. The van der Waals surface area contributed by atoms with Crippen LogP contribution in [0.25, 0.3) is 0 Å². The molecule has 1 aromatic carbocycles. The van der Waals surface area contributed by atoms with Gasteiger partial charge in [-0.15, -0.1) is 0 Å². The molecule has 10 nitrogen and oxygen atoms in total. The van der Waals surface area contributed by atoms with Crippen molar-refractivity contribution >= 4 is 39.4 Å². The van der Waals surface area contributed by atoms with E-state index in [0.717, 1.165) is 12.3 Å². The third-order valence-corrected chi connectivity index (χ3v) is 6.06. The molecule has 0 bridgehead atoms. The summed E-state index contributed by atoms with van der Waals surface area (Å²) >= 11 is 6.09. The number of amides is 2. The van der Waals surface area contributed by atoms with Crippen LogP contribution in [-0.2, 0) is 19.5 Å². The smallest absolute Gasteiger partial charge is 0.357 e. The Kier molecular flexibility index (Phi) is 9.97. The molecule has 184 valence electrons. The number of benzene rings is 1. The second kappa shape index (κ2) is 12.4. The molecule has 0 radical (unpaired) electrons. The number of ether oxygens (including phenoxy) is 2. The zero-order chi connectivity index (χ0) is 25.3. The second-order valence-electron chi connectivity index (χ2n) is 7.27. The van der Waals surface area contributed by atoms with Crippen LogP contribution in [0.15, 0.2) is 41.4 Å². The van der Waals surface area contributed by atoms with E-state index in [9.17, 15) is 22.8 Å². The average molecular weight is 512 g/mol. The van der Waals surface area contributed by atoms with Gasteiger partial charge in [-0.05, 0) is 57.5 Å². The number of carbonyl (C=O) groups is 3. The second-order valence-corrected chi connectivity index (χ2v) is 9.33. The van der Waals surface area contributed by atoms with Crippen LogP contribution in [0.3, 0.4) is 0 Å². The summed E-state index contributed by atoms with van der Waals surface area (Å²) in [7, 11) is -4.35. The van der Waals surface area contributed by atoms with E-state index in [4.69, 9.17) is 21.1 Å². The van der Waals surface area contributed by atoms with Gasteiger partial charge in [-0.1, -0.05) is 11.6 Å².